The number of aromatic nitrogens is 3. The first kappa shape index (κ1) is 14.5. The second-order valence-electron chi connectivity index (χ2n) is 4.55. The van der Waals surface area contributed by atoms with Crippen LogP contribution in [-0.2, 0) is 6.54 Å². The topological polar surface area (TPSA) is 120 Å². The van der Waals surface area contributed by atoms with E-state index in [0.29, 0.717) is 11.4 Å². The van der Waals surface area contributed by atoms with E-state index in [0.717, 1.165) is 5.56 Å². The highest BCUT2D eigenvalue weighted by Gasteiger charge is 2.15. The molecule has 0 aliphatic carbocycles. The number of rotatable bonds is 4. The molecule has 0 atom stereocenters. The van der Waals surface area contributed by atoms with Crippen molar-refractivity contribution in [3.63, 3.8) is 0 Å². The highest BCUT2D eigenvalue weighted by Crippen LogP contribution is 2.22. The van der Waals surface area contributed by atoms with Crippen LogP contribution >= 0.6 is 0 Å². The monoisotopic (exact) mass is 289 g/mol. The number of aryl methyl sites for hydroxylation is 2. The minimum Gasteiger partial charge on any atom is -0.478 e. The Morgan fingerprint density at radius 3 is 2.71 bits per heavy atom. The molecule has 8 heteroatoms. The lowest BCUT2D eigenvalue weighted by Crippen LogP contribution is -2.29. The summed E-state index contributed by atoms with van der Waals surface area (Å²) in [5.74, 6) is -0.587. The number of anilines is 1. The van der Waals surface area contributed by atoms with Crippen molar-refractivity contribution >= 4 is 17.7 Å². The number of carbonyl (C=O) groups is 2. The fraction of sp³-hybridized carbons (Fsp3) is 0.231. The predicted molar refractivity (Wildman–Crippen MR) is 75.1 cm³/mol. The molecule has 1 heterocycles. The quantitative estimate of drug-likeness (QED) is 0.679. The molecule has 110 valence electrons. The maximum Gasteiger partial charge on any atom is 0.337 e. The molecule has 0 radical (unpaired) electrons. The molecule has 0 unspecified atom stereocenters. The number of urea groups is 1. The van der Waals surface area contributed by atoms with Gasteiger partial charge in [0.1, 0.15) is 12.2 Å². The van der Waals surface area contributed by atoms with E-state index in [9.17, 15) is 14.7 Å². The Morgan fingerprint density at radius 2 is 2.10 bits per heavy atom. The number of amides is 2. The Labute approximate surface area is 120 Å². The van der Waals surface area contributed by atoms with Crippen molar-refractivity contribution in [1.82, 2.24) is 20.5 Å². The standard InChI is InChI=1S/C13H15N5O3/c1-7-3-8(2)11(9(4-7)12(19)20)17-13(21)14-5-10-15-6-16-18-10/h3-4,6H,5H2,1-2H3,(H,19,20)(H2,14,17,21)(H,15,16,18). The molecule has 8 nitrogen and oxygen atoms in total. The molecule has 2 aromatic rings. The number of carboxylic acid groups (broad SMARTS) is 1. The fourth-order valence-corrected chi connectivity index (χ4v) is 1.94. The SMILES string of the molecule is Cc1cc(C)c(NC(=O)NCc2ncn[nH]2)c(C(=O)O)c1. The summed E-state index contributed by atoms with van der Waals surface area (Å²) in [4.78, 5) is 27.0. The number of hydrogen-bond acceptors (Lipinski definition) is 4. The highest BCUT2D eigenvalue weighted by atomic mass is 16.4. The normalized spacial score (nSPS) is 10.2. The Bertz CT molecular complexity index is 667. The van der Waals surface area contributed by atoms with Crippen molar-refractivity contribution in [2.45, 2.75) is 20.4 Å². The zero-order chi connectivity index (χ0) is 15.4. The van der Waals surface area contributed by atoms with Gasteiger partial charge in [-0.25, -0.2) is 14.6 Å². The summed E-state index contributed by atoms with van der Waals surface area (Å²) in [6.07, 6.45) is 1.33. The Kier molecular flexibility index (Phi) is 4.17. The Morgan fingerprint density at radius 1 is 1.33 bits per heavy atom. The van der Waals surface area contributed by atoms with Crippen LogP contribution in [0.4, 0.5) is 10.5 Å². The van der Waals surface area contributed by atoms with Crippen LogP contribution in [-0.4, -0.2) is 32.3 Å². The fourth-order valence-electron chi connectivity index (χ4n) is 1.94. The van der Waals surface area contributed by atoms with E-state index in [-0.39, 0.29) is 17.8 Å². The van der Waals surface area contributed by atoms with E-state index in [1.165, 1.54) is 12.4 Å². The van der Waals surface area contributed by atoms with Crippen molar-refractivity contribution < 1.29 is 14.7 Å². The summed E-state index contributed by atoms with van der Waals surface area (Å²) < 4.78 is 0. The third kappa shape index (κ3) is 3.56. The van der Waals surface area contributed by atoms with Gasteiger partial charge in [0, 0.05) is 0 Å². The zero-order valence-electron chi connectivity index (χ0n) is 11.6. The van der Waals surface area contributed by atoms with Crippen LogP contribution in [0, 0.1) is 13.8 Å². The van der Waals surface area contributed by atoms with Gasteiger partial charge in [0.05, 0.1) is 17.8 Å². The van der Waals surface area contributed by atoms with Crippen molar-refractivity contribution in [2.24, 2.45) is 0 Å². The second kappa shape index (κ2) is 6.04. The number of nitrogens with zero attached hydrogens (tertiary/aromatic N) is 2. The van der Waals surface area contributed by atoms with Gasteiger partial charge in [-0.3, -0.25) is 5.10 Å². The molecule has 2 amide bonds. The third-order valence-corrected chi connectivity index (χ3v) is 2.83. The van der Waals surface area contributed by atoms with E-state index < -0.39 is 12.0 Å². The van der Waals surface area contributed by atoms with Gasteiger partial charge in [-0.05, 0) is 31.0 Å². The number of benzene rings is 1. The highest BCUT2D eigenvalue weighted by molar-refractivity contribution is 6.01. The van der Waals surface area contributed by atoms with Crippen LogP contribution in [0.3, 0.4) is 0 Å². The minimum atomic E-state index is -1.09. The van der Waals surface area contributed by atoms with Crippen molar-refractivity contribution in [1.29, 1.82) is 0 Å². The molecule has 0 saturated heterocycles. The number of nitrogens with one attached hydrogen (secondary N) is 3. The largest absolute Gasteiger partial charge is 0.478 e. The molecule has 1 aromatic carbocycles. The summed E-state index contributed by atoms with van der Waals surface area (Å²) >= 11 is 0. The maximum atomic E-state index is 11.8. The Balaban J connectivity index is 2.11. The lowest BCUT2D eigenvalue weighted by molar-refractivity contribution is 0.0698. The van der Waals surface area contributed by atoms with Crippen molar-refractivity contribution in [3.8, 4) is 0 Å². The number of hydrogen-bond donors (Lipinski definition) is 4. The summed E-state index contributed by atoms with van der Waals surface area (Å²) in [6.45, 7) is 3.71. The van der Waals surface area contributed by atoms with Crippen LogP contribution < -0.4 is 10.6 Å². The van der Waals surface area contributed by atoms with Crippen LogP contribution in [0.2, 0.25) is 0 Å². The number of carboxylic acids is 1. The molecular formula is C13H15N5O3. The van der Waals surface area contributed by atoms with Gasteiger partial charge in [0.2, 0.25) is 0 Å². The van der Waals surface area contributed by atoms with E-state index >= 15 is 0 Å². The Hall–Kier alpha value is -2.90. The van der Waals surface area contributed by atoms with E-state index in [1.54, 1.807) is 19.9 Å². The maximum absolute atomic E-state index is 11.8. The molecule has 4 N–H and O–H groups in total. The predicted octanol–water partition coefficient (Wildman–Crippen LogP) is 1.44. The number of aromatic carboxylic acids is 1. The zero-order valence-corrected chi connectivity index (χ0v) is 11.6. The van der Waals surface area contributed by atoms with Crippen LogP contribution in [0.1, 0.15) is 27.3 Å². The third-order valence-electron chi connectivity index (χ3n) is 2.83. The summed E-state index contributed by atoms with van der Waals surface area (Å²) in [5.41, 5.74) is 1.84. The molecule has 0 spiro atoms. The number of carbonyl (C=O) groups excluding carboxylic acids is 1. The van der Waals surface area contributed by atoms with Crippen molar-refractivity contribution in [2.75, 3.05) is 5.32 Å². The van der Waals surface area contributed by atoms with E-state index in [4.69, 9.17) is 0 Å². The molecule has 0 bridgehead atoms. The van der Waals surface area contributed by atoms with Gasteiger partial charge < -0.3 is 15.7 Å². The lowest BCUT2D eigenvalue weighted by atomic mass is 10.0. The van der Waals surface area contributed by atoms with E-state index in [2.05, 4.69) is 25.8 Å². The summed E-state index contributed by atoms with van der Waals surface area (Å²) in [6, 6.07) is 2.81. The van der Waals surface area contributed by atoms with Crippen LogP contribution in [0.25, 0.3) is 0 Å². The first-order valence-electron chi connectivity index (χ1n) is 6.21. The first-order valence-corrected chi connectivity index (χ1v) is 6.21. The number of aromatic amines is 1. The molecule has 2 rings (SSSR count). The minimum absolute atomic E-state index is 0.0577. The van der Waals surface area contributed by atoms with Gasteiger partial charge in [-0.2, -0.15) is 5.10 Å². The molecular weight excluding hydrogens is 274 g/mol. The smallest absolute Gasteiger partial charge is 0.337 e. The summed E-state index contributed by atoms with van der Waals surface area (Å²) in [7, 11) is 0. The van der Waals surface area contributed by atoms with Gasteiger partial charge in [0.15, 0.2) is 0 Å². The average molecular weight is 289 g/mol. The molecule has 0 aliphatic heterocycles. The summed E-state index contributed by atoms with van der Waals surface area (Å²) in [5, 5.41) is 20.6. The molecule has 21 heavy (non-hydrogen) atoms. The van der Waals surface area contributed by atoms with Gasteiger partial charge >= 0.3 is 12.0 Å². The lowest BCUT2D eigenvalue weighted by Gasteiger charge is -2.13. The second-order valence-corrected chi connectivity index (χ2v) is 4.55. The van der Waals surface area contributed by atoms with Gasteiger partial charge in [0.25, 0.3) is 0 Å². The molecule has 0 aliphatic rings. The van der Waals surface area contributed by atoms with Gasteiger partial charge in [-0.1, -0.05) is 6.07 Å². The average Bonchev–Trinajstić information content (AvgIpc) is 2.92. The van der Waals surface area contributed by atoms with Crippen LogP contribution in [0.15, 0.2) is 18.5 Å². The molecule has 0 saturated carbocycles. The first-order chi connectivity index (χ1) is 9.97. The van der Waals surface area contributed by atoms with Crippen LogP contribution in [0.5, 0.6) is 0 Å². The molecule has 0 fully saturated rings. The van der Waals surface area contributed by atoms with E-state index in [1.807, 2.05) is 0 Å². The number of H-pyrrole nitrogens is 1. The van der Waals surface area contributed by atoms with Crippen molar-refractivity contribution in [3.05, 3.63) is 41.0 Å². The molecule has 1 aromatic heterocycles. The van der Waals surface area contributed by atoms with Gasteiger partial charge in [-0.15, -0.1) is 0 Å².